The van der Waals surface area contributed by atoms with E-state index in [1.807, 2.05) is 0 Å². The van der Waals surface area contributed by atoms with Crippen molar-refractivity contribution in [2.24, 2.45) is 5.92 Å². The largest absolute Gasteiger partial charge is 0.481 e. The number of carbonyl (C=O) groups excluding carboxylic acids is 1. The van der Waals surface area contributed by atoms with Crippen LogP contribution in [0.1, 0.15) is 19.3 Å². The van der Waals surface area contributed by atoms with E-state index >= 15 is 0 Å². The number of nitrogens with zero attached hydrogens (tertiary/aromatic N) is 3. The summed E-state index contributed by atoms with van der Waals surface area (Å²) < 4.78 is 28.1. The van der Waals surface area contributed by atoms with Crippen LogP contribution in [-0.2, 0) is 14.6 Å². The average Bonchev–Trinajstić information content (AvgIpc) is 2.95. The molecule has 1 N–H and O–H groups in total. The Morgan fingerprint density at radius 2 is 2.04 bits per heavy atom. The molecule has 0 saturated carbocycles. The van der Waals surface area contributed by atoms with Crippen molar-refractivity contribution >= 4 is 21.6 Å². The molecule has 1 atom stereocenters. The normalized spacial score (nSPS) is 23.9. The van der Waals surface area contributed by atoms with Gasteiger partial charge in [-0.25, -0.2) is 18.4 Å². The van der Waals surface area contributed by atoms with E-state index in [4.69, 9.17) is 4.74 Å². The number of sulfone groups is 1. The van der Waals surface area contributed by atoms with Gasteiger partial charge in [-0.15, -0.1) is 0 Å². The molecule has 1 aromatic rings. The number of hydrogen-bond donors (Lipinski definition) is 1. The van der Waals surface area contributed by atoms with Crippen LogP contribution in [-0.4, -0.2) is 66.9 Å². The molecule has 0 aliphatic carbocycles. The molecule has 1 unspecified atom stereocenters. The van der Waals surface area contributed by atoms with Gasteiger partial charge in [0, 0.05) is 25.2 Å². The van der Waals surface area contributed by atoms with Gasteiger partial charge in [0.15, 0.2) is 9.84 Å². The van der Waals surface area contributed by atoms with Crippen LogP contribution in [0.4, 0.5) is 5.82 Å². The predicted molar refractivity (Wildman–Crippen MR) is 88.6 cm³/mol. The van der Waals surface area contributed by atoms with Gasteiger partial charge in [-0.05, 0) is 19.3 Å². The maximum absolute atomic E-state index is 12.4. The summed E-state index contributed by atoms with van der Waals surface area (Å²) in [6, 6.07) is 1.96. The van der Waals surface area contributed by atoms with E-state index in [2.05, 4.69) is 15.3 Å². The van der Waals surface area contributed by atoms with Crippen molar-refractivity contribution in [2.75, 3.05) is 37.0 Å². The first-order chi connectivity index (χ1) is 11.5. The Morgan fingerprint density at radius 3 is 2.67 bits per heavy atom. The van der Waals surface area contributed by atoms with Crippen LogP contribution in [0.5, 0.6) is 5.88 Å². The highest BCUT2D eigenvalue weighted by atomic mass is 32.2. The van der Waals surface area contributed by atoms with E-state index < -0.39 is 9.84 Å². The summed E-state index contributed by atoms with van der Waals surface area (Å²) in [5.41, 5.74) is 0. The first kappa shape index (κ1) is 16.9. The van der Waals surface area contributed by atoms with E-state index in [-0.39, 0.29) is 29.4 Å². The molecule has 2 saturated heterocycles. The summed E-state index contributed by atoms with van der Waals surface area (Å²) in [5.74, 6) is 0.974. The van der Waals surface area contributed by atoms with Gasteiger partial charge < -0.3 is 15.0 Å². The number of rotatable bonds is 4. The standard InChI is InChI=1S/C15H22N4O4S/c1-23-14-8-13(16-10-17-14)18-12-2-5-19(6-3-12)15(20)11-4-7-24(21,22)9-11/h8,10-12H,2-7,9H2,1H3,(H,16,17,18). The second kappa shape index (κ2) is 6.92. The average molecular weight is 354 g/mol. The summed E-state index contributed by atoms with van der Waals surface area (Å²) in [5, 5.41) is 3.33. The zero-order valence-electron chi connectivity index (χ0n) is 13.6. The third kappa shape index (κ3) is 3.95. The van der Waals surface area contributed by atoms with E-state index in [0.717, 1.165) is 12.8 Å². The van der Waals surface area contributed by atoms with Gasteiger partial charge in [-0.3, -0.25) is 4.79 Å². The molecule has 0 bridgehead atoms. The van der Waals surface area contributed by atoms with Crippen LogP contribution >= 0.6 is 0 Å². The SMILES string of the molecule is COc1cc(NC2CCN(C(=O)C3CCS(=O)(=O)C3)CC2)ncn1. The maximum Gasteiger partial charge on any atom is 0.226 e. The number of ether oxygens (including phenoxy) is 1. The van der Waals surface area contributed by atoms with E-state index in [0.29, 0.717) is 31.2 Å². The molecule has 1 amide bonds. The number of piperidine rings is 1. The summed E-state index contributed by atoms with van der Waals surface area (Å²) in [7, 11) is -1.47. The molecule has 0 spiro atoms. The number of nitrogens with one attached hydrogen (secondary N) is 1. The molecule has 2 fully saturated rings. The molecule has 9 heteroatoms. The molecule has 1 aromatic heterocycles. The second-order valence-corrected chi connectivity index (χ2v) is 8.52. The Kier molecular flexibility index (Phi) is 4.88. The minimum Gasteiger partial charge on any atom is -0.481 e. The van der Waals surface area contributed by atoms with Gasteiger partial charge in [0.2, 0.25) is 11.8 Å². The first-order valence-corrected chi connectivity index (χ1v) is 9.91. The third-order valence-corrected chi connectivity index (χ3v) is 6.36. The predicted octanol–water partition coefficient (Wildman–Crippen LogP) is 0.323. The van der Waals surface area contributed by atoms with Crippen LogP contribution < -0.4 is 10.1 Å². The molecular weight excluding hydrogens is 332 g/mol. The highest BCUT2D eigenvalue weighted by molar-refractivity contribution is 7.91. The highest BCUT2D eigenvalue weighted by Gasteiger charge is 2.36. The van der Waals surface area contributed by atoms with E-state index in [9.17, 15) is 13.2 Å². The Hall–Kier alpha value is -1.90. The third-order valence-electron chi connectivity index (χ3n) is 4.59. The molecule has 8 nitrogen and oxygen atoms in total. The van der Waals surface area contributed by atoms with Crippen molar-refractivity contribution in [3.8, 4) is 5.88 Å². The van der Waals surface area contributed by atoms with Crippen LogP contribution in [0.15, 0.2) is 12.4 Å². The Balaban J connectivity index is 1.51. The van der Waals surface area contributed by atoms with Crippen molar-refractivity contribution in [3.63, 3.8) is 0 Å². The monoisotopic (exact) mass is 354 g/mol. The minimum absolute atomic E-state index is 0.00470. The summed E-state index contributed by atoms with van der Waals surface area (Å²) in [6.45, 7) is 1.27. The maximum atomic E-state index is 12.4. The fourth-order valence-electron chi connectivity index (χ4n) is 3.23. The molecular formula is C15H22N4O4S. The summed E-state index contributed by atoms with van der Waals surface area (Å²) >= 11 is 0. The molecule has 24 heavy (non-hydrogen) atoms. The first-order valence-electron chi connectivity index (χ1n) is 8.08. The minimum atomic E-state index is -3.02. The molecule has 3 heterocycles. The van der Waals surface area contributed by atoms with Crippen molar-refractivity contribution in [1.29, 1.82) is 0 Å². The van der Waals surface area contributed by atoms with Crippen LogP contribution in [0.2, 0.25) is 0 Å². The van der Waals surface area contributed by atoms with Crippen LogP contribution in [0.25, 0.3) is 0 Å². The van der Waals surface area contributed by atoms with Crippen molar-refractivity contribution in [2.45, 2.75) is 25.3 Å². The van der Waals surface area contributed by atoms with E-state index in [1.165, 1.54) is 6.33 Å². The number of likely N-dealkylation sites (tertiary alicyclic amines) is 1. The highest BCUT2D eigenvalue weighted by Crippen LogP contribution is 2.23. The van der Waals surface area contributed by atoms with Gasteiger partial charge in [0.05, 0.1) is 24.5 Å². The molecule has 2 aliphatic rings. The second-order valence-electron chi connectivity index (χ2n) is 6.29. The van der Waals surface area contributed by atoms with Gasteiger partial charge in [-0.1, -0.05) is 0 Å². The van der Waals surface area contributed by atoms with Gasteiger partial charge >= 0.3 is 0 Å². The number of aromatic nitrogens is 2. The van der Waals surface area contributed by atoms with Gasteiger partial charge in [0.1, 0.15) is 12.1 Å². The molecule has 132 valence electrons. The van der Waals surface area contributed by atoms with E-state index in [1.54, 1.807) is 18.1 Å². The lowest BCUT2D eigenvalue weighted by Crippen LogP contribution is -2.45. The fourth-order valence-corrected chi connectivity index (χ4v) is 4.96. The number of carbonyl (C=O) groups is 1. The van der Waals surface area contributed by atoms with Crippen LogP contribution in [0.3, 0.4) is 0 Å². The quantitative estimate of drug-likeness (QED) is 0.831. The Bertz CT molecular complexity index is 701. The lowest BCUT2D eigenvalue weighted by molar-refractivity contribution is -0.135. The van der Waals surface area contributed by atoms with Crippen molar-refractivity contribution in [1.82, 2.24) is 14.9 Å². The zero-order valence-corrected chi connectivity index (χ0v) is 14.5. The summed E-state index contributed by atoms with van der Waals surface area (Å²) in [6.07, 6.45) is 3.51. The van der Waals surface area contributed by atoms with Crippen molar-refractivity contribution < 1.29 is 17.9 Å². The molecule has 0 aromatic carbocycles. The lowest BCUT2D eigenvalue weighted by atomic mass is 10.0. The smallest absolute Gasteiger partial charge is 0.226 e. The summed E-state index contributed by atoms with van der Waals surface area (Å²) in [4.78, 5) is 22.4. The molecule has 0 radical (unpaired) electrons. The Labute approximate surface area is 141 Å². The van der Waals surface area contributed by atoms with Gasteiger partial charge in [-0.2, -0.15) is 0 Å². The van der Waals surface area contributed by atoms with Crippen molar-refractivity contribution in [3.05, 3.63) is 12.4 Å². The number of amides is 1. The topological polar surface area (TPSA) is 101 Å². The lowest BCUT2D eigenvalue weighted by Gasteiger charge is -2.34. The molecule has 3 rings (SSSR count). The zero-order chi connectivity index (χ0) is 17.2. The number of hydrogen-bond acceptors (Lipinski definition) is 7. The molecule has 2 aliphatic heterocycles. The Morgan fingerprint density at radius 1 is 1.29 bits per heavy atom. The number of methoxy groups -OCH3 is 1. The number of anilines is 1. The fraction of sp³-hybridized carbons (Fsp3) is 0.667. The van der Waals surface area contributed by atoms with Crippen LogP contribution in [0, 0.1) is 5.92 Å². The van der Waals surface area contributed by atoms with Gasteiger partial charge in [0.25, 0.3) is 0 Å².